The number of benzene rings is 3. The van der Waals surface area contributed by atoms with Gasteiger partial charge in [-0.2, -0.15) is 0 Å². The Hall–Kier alpha value is -3.23. The molecule has 1 N–H and O–H groups in total. The van der Waals surface area contributed by atoms with E-state index in [2.05, 4.69) is 5.32 Å². The monoisotopic (exact) mass is 444 g/mol. The lowest BCUT2D eigenvalue weighted by Crippen LogP contribution is -2.15. The van der Waals surface area contributed by atoms with Gasteiger partial charge in [-0.05, 0) is 29.8 Å². The molecule has 0 aliphatic rings. The summed E-state index contributed by atoms with van der Waals surface area (Å²) in [5.74, 6) is -1.000. The van der Waals surface area contributed by atoms with Gasteiger partial charge >= 0.3 is 0 Å². The van der Waals surface area contributed by atoms with Crippen molar-refractivity contribution in [2.75, 3.05) is 11.1 Å². The average molecular weight is 445 g/mol. The van der Waals surface area contributed by atoms with Gasteiger partial charge in [-0.25, -0.2) is 8.42 Å². The number of nitro benzene ring substituents is 1. The molecule has 1 unspecified atom stereocenters. The number of alkyl halides is 1. The van der Waals surface area contributed by atoms with Gasteiger partial charge in [-0.1, -0.05) is 48.5 Å². The molecule has 0 aliphatic heterocycles. The van der Waals surface area contributed by atoms with Crippen molar-refractivity contribution in [2.24, 2.45) is 0 Å². The first-order valence-electron chi connectivity index (χ1n) is 8.84. The zero-order chi connectivity index (χ0) is 21.7. The molecule has 7 nitrogen and oxygen atoms in total. The maximum absolute atomic E-state index is 12.8. The van der Waals surface area contributed by atoms with Gasteiger partial charge < -0.3 is 5.32 Å². The summed E-state index contributed by atoms with van der Waals surface area (Å²) in [4.78, 5) is 23.0. The predicted molar refractivity (Wildman–Crippen MR) is 115 cm³/mol. The summed E-state index contributed by atoms with van der Waals surface area (Å²) >= 11 is 6.28. The van der Waals surface area contributed by atoms with Gasteiger partial charge in [0.25, 0.3) is 11.6 Å². The van der Waals surface area contributed by atoms with E-state index >= 15 is 0 Å². The van der Waals surface area contributed by atoms with Crippen LogP contribution in [0.3, 0.4) is 0 Å². The average Bonchev–Trinajstić information content (AvgIpc) is 2.74. The SMILES string of the molecule is O=C(Nc1ccccc1[N+](=O)[O-])c1cccc(S(=O)(=O)CC(Cl)c2ccccc2)c1. The maximum Gasteiger partial charge on any atom is 0.292 e. The molecule has 0 fully saturated rings. The molecule has 0 heterocycles. The van der Waals surface area contributed by atoms with Crippen molar-refractivity contribution >= 4 is 38.7 Å². The number of nitro groups is 1. The van der Waals surface area contributed by atoms with E-state index in [4.69, 9.17) is 11.6 Å². The Kier molecular flexibility index (Phi) is 6.49. The topological polar surface area (TPSA) is 106 Å². The first-order valence-corrected chi connectivity index (χ1v) is 10.9. The molecule has 30 heavy (non-hydrogen) atoms. The van der Waals surface area contributed by atoms with Crippen LogP contribution < -0.4 is 5.32 Å². The molecule has 3 rings (SSSR count). The quantitative estimate of drug-likeness (QED) is 0.325. The molecular formula is C21H17ClN2O5S. The predicted octanol–water partition coefficient (Wildman–Crippen LogP) is 4.60. The van der Waals surface area contributed by atoms with Crippen molar-refractivity contribution in [3.8, 4) is 0 Å². The van der Waals surface area contributed by atoms with Gasteiger partial charge in [0.15, 0.2) is 9.84 Å². The van der Waals surface area contributed by atoms with Crippen molar-refractivity contribution in [1.29, 1.82) is 0 Å². The third kappa shape index (κ3) is 5.03. The summed E-state index contributed by atoms with van der Waals surface area (Å²) in [5.41, 5.74) is 0.487. The molecule has 3 aromatic rings. The van der Waals surface area contributed by atoms with Gasteiger partial charge in [-0.15, -0.1) is 11.6 Å². The molecule has 1 amide bonds. The third-order valence-electron chi connectivity index (χ3n) is 4.33. The number of nitrogens with zero attached hydrogens (tertiary/aromatic N) is 1. The first-order chi connectivity index (χ1) is 14.3. The minimum Gasteiger partial charge on any atom is -0.316 e. The van der Waals surface area contributed by atoms with Crippen molar-refractivity contribution in [3.63, 3.8) is 0 Å². The van der Waals surface area contributed by atoms with Crippen LogP contribution in [0.25, 0.3) is 0 Å². The number of sulfone groups is 1. The van der Waals surface area contributed by atoms with Crippen molar-refractivity contribution < 1.29 is 18.1 Å². The lowest BCUT2D eigenvalue weighted by atomic mass is 10.2. The van der Waals surface area contributed by atoms with E-state index in [1.54, 1.807) is 36.4 Å². The highest BCUT2D eigenvalue weighted by Gasteiger charge is 2.23. The summed E-state index contributed by atoms with van der Waals surface area (Å²) in [6.45, 7) is 0. The van der Waals surface area contributed by atoms with E-state index in [1.165, 1.54) is 42.5 Å². The minimum absolute atomic E-state index is 0.0191. The van der Waals surface area contributed by atoms with Gasteiger partial charge in [0.2, 0.25) is 0 Å². The van der Waals surface area contributed by atoms with Crippen LogP contribution in [0, 0.1) is 10.1 Å². The number of hydrogen-bond donors (Lipinski definition) is 1. The number of anilines is 1. The normalized spacial score (nSPS) is 12.2. The van der Waals surface area contributed by atoms with Crippen molar-refractivity contribution in [2.45, 2.75) is 10.3 Å². The molecule has 3 aromatic carbocycles. The van der Waals surface area contributed by atoms with Crippen LogP contribution in [0.2, 0.25) is 0 Å². The fourth-order valence-electron chi connectivity index (χ4n) is 2.81. The second kappa shape index (κ2) is 9.06. The third-order valence-corrected chi connectivity index (χ3v) is 6.66. The molecule has 1 atom stereocenters. The van der Waals surface area contributed by atoms with Crippen LogP contribution >= 0.6 is 11.6 Å². The smallest absolute Gasteiger partial charge is 0.292 e. The largest absolute Gasteiger partial charge is 0.316 e. The number of para-hydroxylation sites is 2. The number of hydrogen-bond acceptors (Lipinski definition) is 5. The zero-order valence-corrected chi connectivity index (χ0v) is 17.1. The Morgan fingerprint density at radius 3 is 2.37 bits per heavy atom. The molecule has 0 saturated carbocycles. The second-order valence-corrected chi connectivity index (χ2v) is 8.98. The van der Waals surface area contributed by atoms with Crippen LogP contribution in [-0.4, -0.2) is 25.0 Å². The van der Waals surface area contributed by atoms with Gasteiger partial charge in [0.05, 0.1) is 20.9 Å². The molecule has 0 radical (unpaired) electrons. The fourth-order valence-corrected chi connectivity index (χ4v) is 4.82. The number of halogens is 1. The summed E-state index contributed by atoms with van der Waals surface area (Å²) < 4.78 is 25.6. The van der Waals surface area contributed by atoms with E-state index in [9.17, 15) is 23.3 Å². The second-order valence-electron chi connectivity index (χ2n) is 6.42. The Morgan fingerprint density at radius 1 is 1.00 bits per heavy atom. The Balaban J connectivity index is 1.82. The Morgan fingerprint density at radius 2 is 1.67 bits per heavy atom. The van der Waals surface area contributed by atoms with Crippen LogP contribution in [0.5, 0.6) is 0 Å². The van der Waals surface area contributed by atoms with E-state index in [0.717, 1.165) is 0 Å². The fraction of sp³-hybridized carbons (Fsp3) is 0.0952. The van der Waals surface area contributed by atoms with E-state index < -0.39 is 26.0 Å². The lowest BCUT2D eigenvalue weighted by Gasteiger charge is -2.12. The van der Waals surface area contributed by atoms with E-state index in [-0.39, 0.29) is 27.6 Å². The molecule has 0 spiro atoms. The Bertz CT molecular complexity index is 1180. The Labute approximate surface area is 178 Å². The van der Waals surface area contributed by atoms with Crippen molar-refractivity contribution in [3.05, 3.63) is 100 Å². The highest BCUT2D eigenvalue weighted by atomic mass is 35.5. The van der Waals surface area contributed by atoms with E-state index in [0.29, 0.717) is 5.56 Å². The molecule has 9 heteroatoms. The van der Waals surface area contributed by atoms with Gasteiger partial charge in [0, 0.05) is 11.6 Å². The lowest BCUT2D eigenvalue weighted by molar-refractivity contribution is -0.383. The van der Waals surface area contributed by atoms with Crippen LogP contribution in [0.15, 0.2) is 83.8 Å². The molecule has 0 aromatic heterocycles. The number of amides is 1. The number of rotatable bonds is 7. The first kappa shape index (κ1) is 21.5. The van der Waals surface area contributed by atoms with Gasteiger partial charge in [-0.3, -0.25) is 14.9 Å². The molecule has 0 saturated heterocycles. The summed E-state index contributed by atoms with van der Waals surface area (Å²) in [7, 11) is -3.78. The molecule has 0 bridgehead atoms. The summed E-state index contributed by atoms with van der Waals surface area (Å²) in [6, 6.07) is 20.0. The molecular weight excluding hydrogens is 428 g/mol. The van der Waals surface area contributed by atoms with Crippen LogP contribution in [0.4, 0.5) is 11.4 Å². The minimum atomic E-state index is -3.78. The highest BCUT2D eigenvalue weighted by Crippen LogP contribution is 2.27. The number of carbonyl (C=O) groups excluding carboxylic acids is 1. The van der Waals surface area contributed by atoms with E-state index in [1.807, 2.05) is 0 Å². The maximum atomic E-state index is 12.8. The molecule has 0 aliphatic carbocycles. The highest BCUT2D eigenvalue weighted by molar-refractivity contribution is 7.91. The van der Waals surface area contributed by atoms with Crippen LogP contribution in [0.1, 0.15) is 21.3 Å². The van der Waals surface area contributed by atoms with Crippen LogP contribution in [-0.2, 0) is 9.84 Å². The standard InChI is InChI=1S/C21H17ClN2O5S/c22-18(15-7-2-1-3-8-15)14-30(28,29)17-10-6-9-16(13-17)21(25)23-19-11-4-5-12-20(19)24(26)27/h1-13,18H,14H2,(H,23,25). The van der Waals surface area contributed by atoms with Gasteiger partial charge in [0.1, 0.15) is 5.69 Å². The van der Waals surface area contributed by atoms with Crippen molar-refractivity contribution in [1.82, 2.24) is 0 Å². The number of nitrogens with one attached hydrogen (secondary N) is 1. The molecule has 154 valence electrons. The summed E-state index contributed by atoms with van der Waals surface area (Å²) in [6.07, 6.45) is 0. The summed E-state index contributed by atoms with van der Waals surface area (Å²) in [5, 5.41) is 12.8. The number of carbonyl (C=O) groups is 1. The zero-order valence-electron chi connectivity index (χ0n) is 15.6.